The van der Waals surface area contributed by atoms with E-state index in [4.69, 9.17) is 9.47 Å². The highest BCUT2D eigenvalue weighted by Crippen LogP contribution is 2.25. The molecule has 2 aromatic carbocycles. The molecule has 0 unspecified atom stereocenters. The summed E-state index contributed by atoms with van der Waals surface area (Å²) >= 11 is 0. The molecular weight excluding hydrogens is 337 g/mol. The lowest BCUT2D eigenvalue weighted by atomic mass is 10.1. The predicted molar refractivity (Wildman–Crippen MR) is 94.9 cm³/mol. The van der Waals surface area contributed by atoms with E-state index in [1.807, 2.05) is 18.2 Å². The van der Waals surface area contributed by atoms with Gasteiger partial charge in [-0.2, -0.15) is 0 Å². The standard InChI is InChI=1S/C20H20FNO4/c1-12(26-20(24)15-7-9-18(25-2)17(21)11-15)19(23)22-16-8-6-13-4-3-5-14(13)10-16/h6-12H,3-5H2,1-2H3,(H,22,23)/t12-/m0/s1. The number of nitrogens with one attached hydrogen (secondary N) is 1. The topological polar surface area (TPSA) is 64.6 Å². The lowest BCUT2D eigenvalue weighted by Gasteiger charge is -2.14. The Labute approximate surface area is 151 Å². The summed E-state index contributed by atoms with van der Waals surface area (Å²) in [6.07, 6.45) is 2.18. The molecule has 1 aliphatic rings. The van der Waals surface area contributed by atoms with Crippen LogP contribution in [0.5, 0.6) is 5.75 Å². The normalized spacial score (nSPS) is 13.7. The third kappa shape index (κ3) is 3.85. The third-order valence-electron chi connectivity index (χ3n) is 4.41. The molecule has 0 heterocycles. The monoisotopic (exact) mass is 357 g/mol. The van der Waals surface area contributed by atoms with Crippen LogP contribution >= 0.6 is 0 Å². The molecule has 6 heteroatoms. The molecule has 1 amide bonds. The molecule has 136 valence electrons. The number of carbonyl (C=O) groups is 2. The Bertz CT molecular complexity index is 850. The lowest BCUT2D eigenvalue weighted by Crippen LogP contribution is -2.30. The number of halogens is 1. The Morgan fingerprint density at radius 2 is 1.88 bits per heavy atom. The third-order valence-corrected chi connectivity index (χ3v) is 4.41. The number of carbonyl (C=O) groups excluding carboxylic acids is 2. The summed E-state index contributed by atoms with van der Waals surface area (Å²) in [6, 6.07) is 9.54. The Morgan fingerprint density at radius 1 is 1.12 bits per heavy atom. The summed E-state index contributed by atoms with van der Waals surface area (Å²) in [4.78, 5) is 24.4. The SMILES string of the molecule is COc1ccc(C(=O)O[C@@H](C)C(=O)Nc2ccc3c(c2)CCC3)cc1F. The molecule has 26 heavy (non-hydrogen) atoms. The molecule has 1 atom stereocenters. The number of ether oxygens (including phenoxy) is 2. The van der Waals surface area contributed by atoms with Crippen molar-refractivity contribution in [1.82, 2.24) is 0 Å². The van der Waals surface area contributed by atoms with Crippen molar-refractivity contribution in [1.29, 1.82) is 0 Å². The number of methoxy groups -OCH3 is 1. The van der Waals surface area contributed by atoms with Gasteiger partial charge in [0.1, 0.15) is 0 Å². The summed E-state index contributed by atoms with van der Waals surface area (Å²) in [5.74, 6) is -1.85. The molecule has 0 saturated heterocycles. The van der Waals surface area contributed by atoms with Crippen molar-refractivity contribution in [3.8, 4) is 5.75 Å². The minimum absolute atomic E-state index is 0.0143. The number of hydrogen-bond acceptors (Lipinski definition) is 4. The first-order valence-electron chi connectivity index (χ1n) is 8.45. The van der Waals surface area contributed by atoms with Crippen molar-refractivity contribution in [3.05, 3.63) is 58.9 Å². The number of rotatable bonds is 5. The first kappa shape index (κ1) is 17.9. The van der Waals surface area contributed by atoms with Gasteiger partial charge in [0.2, 0.25) is 0 Å². The second-order valence-electron chi connectivity index (χ2n) is 6.22. The largest absolute Gasteiger partial charge is 0.494 e. The van der Waals surface area contributed by atoms with Crippen LogP contribution in [-0.2, 0) is 22.4 Å². The van der Waals surface area contributed by atoms with E-state index in [2.05, 4.69) is 5.32 Å². The van der Waals surface area contributed by atoms with Gasteiger partial charge >= 0.3 is 5.97 Å². The number of aryl methyl sites for hydroxylation is 2. The number of esters is 1. The molecule has 0 bridgehead atoms. The van der Waals surface area contributed by atoms with Crippen LogP contribution in [0.15, 0.2) is 36.4 Å². The minimum atomic E-state index is -1.01. The van der Waals surface area contributed by atoms with Crippen molar-refractivity contribution < 1.29 is 23.5 Å². The van der Waals surface area contributed by atoms with E-state index < -0.39 is 23.8 Å². The highest BCUT2D eigenvalue weighted by molar-refractivity contribution is 5.97. The molecule has 5 nitrogen and oxygen atoms in total. The number of hydrogen-bond donors (Lipinski definition) is 1. The zero-order valence-corrected chi connectivity index (χ0v) is 14.7. The fraction of sp³-hybridized carbons (Fsp3) is 0.300. The fourth-order valence-electron chi connectivity index (χ4n) is 2.97. The molecule has 3 rings (SSSR count). The van der Waals surface area contributed by atoms with Gasteiger partial charge in [-0.05, 0) is 67.6 Å². The van der Waals surface area contributed by atoms with E-state index in [0.717, 1.165) is 25.3 Å². The van der Waals surface area contributed by atoms with Crippen molar-refractivity contribution in [2.24, 2.45) is 0 Å². The number of benzene rings is 2. The molecule has 0 saturated carbocycles. The summed E-state index contributed by atoms with van der Waals surface area (Å²) in [5, 5.41) is 2.75. The highest BCUT2D eigenvalue weighted by Gasteiger charge is 2.21. The maximum absolute atomic E-state index is 13.7. The molecule has 0 radical (unpaired) electrons. The van der Waals surface area contributed by atoms with Gasteiger partial charge in [0.05, 0.1) is 12.7 Å². The van der Waals surface area contributed by atoms with E-state index in [1.54, 1.807) is 0 Å². The van der Waals surface area contributed by atoms with Gasteiger partial charge in [0.25, 0.3) is 5.91 Å². The molecule has 0 fully saturated rings. The smallest absolute Gasteiger partial charge is 0.339 e. The number of anilines is 1. The average molecular weight is 357 g/mol. The summed E-state index contributed by atoms with van der Waals surface area (Å²) in [5.41, 5.74) is 3.24. The zero-order chi connectivity index (χ0) is 18.7. The molecule has 0 aliphatic heterocycles. The van der Waals surface area contributed by atoms with Crippen LogP contribution < -0.4 is 10.1 Å². The maximum Gasteiger partial charge on any atom is 0.339 e. The number of fused-ring (bicyclic) bond motifs is 1. The van der Waals surface area contributed by atoms with Gasteiger partial charge in [-0.25, -0.2) is 9.18 Å². The quantitative estimate of drug-likeness (QED) is 0.832. The number of amides is 1. The van der Waals surface area contributed by atoms with Crippen molar-refractivity contribution in [2.45, 2.75) is 32.3 Å². The van der Waals surface area contributed by atoms with Crippen LogP contribution in [0.25, 0.3) is 0 Å². The van der Waals surface area contributed by atoms with Gasteiger partial charge in [0.15, 0.2) is 17.7 Å². The predicted octanol–water partition coefficient (Wildman–Crippen LogP) is 3.51. The fourth-order valence-corrected chi connectivity index (χ4v) is 2.97. The molecular formula is C20H20FNO4. The van der Waals surface area contributed by atoms with Gasteiger partial charge < -0.3 is 14.8 Å². The van der Waals surface area contributed by atoms with Crippen LogP contribution in [0.2, 0.25) is 0 Å². The second kappa shape index (κ2) is 7.56. The van der Waals surface area contributed by atoms with E-state index in [1.165, 1.54) is 37.3 Å². The lowest BCUT2D eigenvalue weighted by molar-refractivity contribution is -0.123. The van der Waals surface area contributed by atoms with Crippen LogP contribution in [0.4, 0.5) is 10.1 Å². The first-order chi connectivity index (χ1) is 12.5. The Balaban J connectivity index is 1.61. The van der Waals surface area contributed by atoms with Crippen LogP contribution in [0.1, 0.15) is 34.8 Å². The van der Waals surface area contributed by atoms with E-state index >= 15 is 0 Å². The first-order valence-corrected chi connectivity index (χ1v) is 8.45. The summed E-state index contributed by atoms with van der Waals surface area (Å²) in [6.45, 7) is 1.47. The molecule has 0 spiro atoms. The van der Waals surface area contributed by atoms with Gasteiger partial charge in [-0.15, -0.1) is 0 Å². The van der Waals surface area contributed by atoms with E-state index in [-0.39, 0.29) is 11.3 Å². The van der Waals surface area contributed by atoms with Gasteiger partial charge in [0, 0.05) is 5.69 Å². The average Bonchev–Trinajstić information content (AvgIpc) is 3.09. The Kier molecular flexibility index (Phi) is 5.21. The molecule has 1 aliphatic carbocycles. The summed E-state index contributed by atoms with van der Waals surface area (Å²) < 4.78 is 23.6. The molecule has 2 aromatic rings. The Hall–Kier alpha value is -2.89. The van der Waals surface area contributed by atoms with Crippen LogP contribution in [0, 0.1) is 5.82 Å². The summed E-state index contributed by atoms with van der Waals surface area (Å²) in [7, 11) is 1.34. The van der Waals surface area contributed by atoms with E-state index in [9.17, 15) is 14.0 Å². The van der Waals surface area contributed by atoms with E-state index in [0.29, 0.717) is 5.69 Å². The van der Waals surface area contributed by atoms with Crippen molar-refractivity contribution in [2.75, 3.05) is 12.4 Å². The Morgan fingerprint density at radius 3 is 2.62 bits per heavy atom. The second-order valence-corrected chi connectivity index (χ2v) is 6.22. The van der Waals surface area contributed by atoms with Crippen molar-refractivity contribution in [3.63, 3.8) is 0 Å². The molecule has 0 aromatic heterocycles. The minimum Gasteiger partial charge on any atom is -0.494 e. The zero-order valence-electron chi connectivity index (χ0n) is 14.7. The van der Waals surface area contributed by atoms with Gasteiger partial charge in [-0.1, -0.05) is 6.07 Å². The maximum atomic E-state index is 13.7. The molecule has 1 N–H and O–H groups in total. The van der Waals surface area contributed by atoms with Gasteiger partial charge in [-0.3, -0.25) is 4.79 Å². The highest BCUT2D eigenvalue weighted by atomic mass is 19.1. The van der Waals surface area contributed by atoms with Crippen molar-refractivity contribution >= 4 is 17.6 Å². The van der Waals surface area contributed by atoms with Crippen LogP contribution in [0.3, 0.4) is 0 Å². The van der Waals surface area contributed by atoms with Crippen LogP contribution in [-0.4, -0.2) is 25.1 Å².